The molecule has 0 radical (unpaired) electrons. The summed E-state index contributed by atoms with van der Waals surface area (Å²) in [6, 6.07) is 12.1. The Balaban J connectivity index is 2.30. The molecule has 0 bridgehead atoms. The number of hydrogen-bond acceptors (Lipinski definition) is 2. The van der Waals surface area contributed by atoms with E-state index in [1.807, 2.05) is 37.4 Å². The smallest absolute Gasteiger partial charge is 0.128 e. The van der Waals surface area contributed by atoms with E-state index < -0.39 is 0 Å². The van der Waals surface area contributed by atoms with E-state index in [2.05, 4.69) is 46.9 Å². The van der Waals surface area contributed by atoms with Gasteiger partial charge in [-0.15, -0.1) is 0 Å². The Labute approximate surface area is 128 Å². The van der Waals surface area contributed by atoms with Gasteiger partial charge in [-0.05, 0) is 62.2 Å². The van der Waals surface area contributed by atoms with Crippen molar-refractivity contribution in [3.05, 3.63) is 57.6 Å². The van der Waals surface area contributed by atoms with Crippen LogP contribution in [0.15, 0.2) is 45.9 Å². The molecule has 0 fully saturated rings. The molecule has 2 aromatic carbocycles. The van der Waals surface area contributed by atoms with Gasteiger partial charge >= 0.3 is 0 Å². The molecular weight excluding hydrogens is 314 g/mol. The molecule has 0 unspecified atom stereocenters. The molecule has 2 nitrogen and oxygen atoms in total. The molecule has 2 rings (SSSR count). The number of rotatable bonds is 4. The van der Waals surface area contributed by atoms with Crippen molar-refractivity contribution in [3.8, 4) is 5.75 Å². The number of halogens is 1. The zero-order valence-corrected chi connectivity index (χ0v) is 13.6. The largest absolute Gasteiger partial charge is 0.493 e. The third-order valence-corrected chi connectivity index (χ3v) is 3.61. The van der Waals surface area contributed by atoms with Crippen molar-refractivity contribution in [3.63, 3.8) is 0 Å². The van der Waals surface area contributed by atoms with Crippen LogP contribution < -0.4 is 4.74 Å². The zero-order chi connectivity index (χ0) is 14.5. The lowest BCUT2D eigenvalue weighted by molar-refractivity contribution is 0.339. The summed E-state index contributed by atoms with van der Waals surface area (Å²) in [5, 5.41) is 0. The van der Waals surface area contributed by atoms with Gasteiger partial charge in [0, 0.05) is 16.3 Å². The molecule has 0 aliphatic rings. The van der Waals surface area contributed by atoms with Crippen molar-refractivity contribution in [2.75, 3.05) is 6.61 Å². The normalized spacial score (nSPS) is 11.0. The van der Waals surface area contributed by atoms with Crippen LogP contribution in [-0.4, -0.2) is 12.8 Å². The predicted molar refractivity (Wildman–Crippen MR) is 88.5 cm³/mol. The summed E-state index contributed by atoms with van der Waals surface area (Å²) in [5.74, 6) is 0.850. The van der Waals surface area contributed by atoms with Crippen LogP contribution in [0, 0.1) is 13.8 Å². The fourth-order valence-corrected chi connectivity index (χ4v) is 2.24. The first-order valence-electron chi connectivity index (χ1n) is 6.64. The van der Waals surface area contributed by atoms with E-state index in [-0.39, 0.29) is 0 Å². The van der Waals surface area contributed by atoms with Gasteiger partial charge in [-0.3, -0.25) is 4.99 Å². The van der Waals surface area contributed by atoms with E-state index in [1.165, 1.54) is 11.1 Å². The highest BCUT2D eigenvalue weighted by molar-refractivity contribution is 9.10. The molecule has 0 heterocycles. The standard InChI is InChI=1S/C17H18BrNO/c1-4-20-17-8-6-15(18)10-14(17)11-19-16-7-5-12(2)13(3)9-16/h5-11H,4H2,1-3H3. The first kappa shape index (κ1) is 14.8. The number of benzene rings is 2. The van der Waals surface area contributed by atoms with Gasteiger partial charge in [0.2, 0.25) is 0 Å². The van der Waals surface area contributed by atoms with Gasteiger partial charge in [0.15, 0.2) is 0 Å². The molecule has 0 aliphatic heterocycles. The summed E-state index contributed by atoms with van der Waals surface area (Å²) in [5.41, 5.74) is 4.45. The molecule has 0 saturated carbocycles. The molecule has 104 valence electrons. The van der Waals surface area contributed by atoms with Gasteiger partial charge in [-0.25, -0.2) is 0 Å². The quantitative estimate of drug-likeness (QED) is 0.704. The maximum absolute atomic E-state index is 5.61. The van der Waals surface area contributed by atoms with Gasteiger partial charge in [-0.2, -0.15) is 0 Å². The minimum absolute atomic E-state index is 0.645. The molecule has 0 saturated heterocycles. The Hall–Kier alpha value is -1.61. The Kier molecular flexibility index (Phi) is 4.96. The Morgan fingerprint density at radius 2 is 1.90 bits per heavy atom. The molecule has 0 amide bonds. The van der Waals surface area contributed by atoms with E-state index in [0.717, 1.165) is 21.5 Å². The van der Waals surface area contributed by atoms with Crippen molar-refractivity contribution in [2.24, 2.45) is 4.99 Å². The van der Waals surface area contributed by atoms with Crippen LogP contribution in [0.3, 0.4) is 0 Å². The molecule has 0 aliphatic carbocycles. The number of ether oxygens (including phenoxy) is 1. The van der Waals surface area contributed by atoms with Crippen LogP contribution in [-0.2, 0) is 0 Å². The SMILES string of the molecule is CCOc1ccc(Br)cc1C=Nc1ccc(C)c(C)c1. The van der Waals surface area contributed by atoms with Crippen LogP contribution >= 0.6 is 15.9 Å². The lowest BCUT2D eigenvalue weighted by atomic mass is 10.1. The summed E-state index contributed by atoms with van der Waals surface area (Å²) < 4.78 is 6.63. The average Bonchev–Trinajstić information content (AvgIpc) is 2.43. The average molecular weight is 332 g/mol. The fourth-order valence-electron chi connectivity index (χ4n) is 1.86. The van der Waals surface area contributed by atoms with Crippen molar-refractivity contribution in [2.45, 2.75) is 20.8 Å². The number of nitrogens with zero attached hydrogens (tertiary/aromatic N) is 1. The third-order valence-electron chi connectivity index (χ3n) is 3.11. The van der Waals surface area contributed by atoms with E-state index in [4.69, 9.17) is 4.74 Å². The molecule has 2 aromatic rings. The van der Waals surface area contributed by atoms with Crippen molar-refractivity contribution in [1.82, 2.24) is 0 Å². The van der Waals surface area contributed by atoms with Crippen LogP contribution in [0.25, 0.3) is 0 Å². The maximum atomic E-state index is 5.61. The van der Waals surface area contributed by atoms with E-state index in [1.54, 1.807) is 0 Å². The molecule has 0 N–H and O–H groups in total. The summed E-state index contributed by atoms with van der Waals surface area (Å²) in [6.07, 6.45) is 1.85. The predicted octanol–water partition coefficient (Wildman–Crippen LogP) is 5.22. The summed E-state index contributed by atoms with van der Waals surface area (Å²) in [4.78, 5) is 4.54. The second-order valence-corrected chi connectivity index (χ2v) is 5.56. The molecule has 3 heteroatoms. The zero-order valence-electron chi connectivity index (χ0n) is 12.0. The lowest BCUT2D eigenvalue weighted by Crippen LogP contribution is -1.95. The third kappa shape index (κ3) is 3.70. The minimum Gasteiger partial charge on any atom is -0.493 e. The van der Waals surface area contributed by atoms with Crippen LogP contribution in [0.2, 0.25) is 0 Å². The van der Waals surface area contributed by atoms with Crippen molar-refractivity contribution >= 4 is 27.8 Å². The molecular formula is C17H18BrNO. The molecule has 0 aromatic heterocycles. The Morgan fingerprint density at radius 1 is 1.10 bits per heavy atom. The second kappa shape index (κ2) is 6.71. The summed E-state index contributed by atoms with van der Waals surface area (Å²) in [7, 11) is 0. The molecule has 0 atom stereocenters. The lowest BCUT2D eigenvalue weighted by Gasteiger charge is -2.07. The molecule has 0 spiro atoms. The molecule has 20 heavy (non-hydrogen) atoms. The monoisotopic (exact) mass is 331 g/mol. The van der Waals surface area contributed by atoms with E-state index in [0.29, 0.717) is 6.61 Å². The van der Waals surface area contributed by atoms with E-state index in [9.17, 15) is 0 Å². The summed E-state index contributed by atoms with van der Waals surface area (Å²) in [6.45, 7) is 6.82. The van der Waals surface area contributed by atoms with Crippen molar-refractivity contribution in [1.29, 1.82) is 0 Å². The second-order valence-electron chi connectivity index (χ2n) is 4.64. The van der Waals surface area contributed by atoms with Gasteiger partial charge < -0.3 is 4.74 Å². The highest BCUT2D eigenvalue weighted by Gasteiger charge is 2.02. The van der Waals surface area contributed by atoms with Crippen molar-refractivity contribution < 1.29 is 4.74 Å². The Bertz CT molecular complexity index is 635. The van der Waals surface area contributed by atoms with Crippen LogP contribution in [0.1, 0.15) is 23.6 Å². The van der Waals surface area contributed by atoms with Gasteiger partial charge in [0.05, 0.1) is 12.3 Å². The van der Waals surface area contributed by atoms with Gasteiger partial charge in [0.1, 0.15) is 5.75 Å². The van der Waals surface area contributed by atoms with Crippen LogP contribution in [0.4, 0.5) is 5.69 Å². The Morgan fingerprint density at radius 3 is 2.60 bits per heavy atom. The number of hydrogen-bond donors (Lipinski definition) is 0. The van der Waals surface area contributed by atoms with Crippen LogP contribution in [0.5, 0.6) is 5.75 Å². The first-order valence-corrected chi connectivity index (χ1v) is 7.43. The van der Waals surface area contributed by atoms with Gasteiger partial charge in [-0.1, -0.05) is 22.0 Å². The maximum Gasteiger partial charge on any atom is 0.128 e. The topological polar surface area (TPSA) is 21.6 Å². The highest BCUT2D eigenvalue weighted by Crippen LogP contribution is 2.23. The minimum atomic E-state index is 0.645. The fraction of sp³-hybridized carbons (Fsp3) is 0.235. The van der Waals surface area contributed by atoms with Gasteiger partial charge in [0.25, 0.3) is 0 Å². The number of aryl methyl sites for hydroxylation is 2. The first-order chi connectivity index (χ1) is 9.60. The van der Waals surface area contributed by atoms with E-state index >= 15 is 0 Å². The highest BCUT2D eigenvalue weighted by atomic mass is 79.9. The number of aliphatic imine (C=N–C) groups is 1. The summed E-state index contributed by atoms with van der Waals surface area (Å²) >= 11 is 3.48.